The largest absolute Gasteiger partial charge is 0.356 e. The molecule has 4 aliphatic carbocycles. The molecule has 170 valence electrons. The lowest BCUT2D eigenvalue weighted by atomic mass is 9.87. The maximum Gasteiger partial charge on any atom is 0.257 e. The number of hydrogen-bond donors (Lipinski definition) is 2. The third kappa shape index (κ3) is 3.53. The van der Waals surface area contributed by atoms with Crippen LogP contribution in [0.25, 0.3) is 0 Å². The number of nitrogens with one attached hydrogen (secondary N) is 2. The number of hydrogen-bond acceptors (Lipinski definition) is 5. The zero-order valence-electron chi connectivity index (χ0n) is 18.6. The van der Waals surface area contributed by atoms with Crippen molar-refractivity contribution in [1.29, 1.82) is 0 Å². The average molecular weight is 462 g/mol. The molecule has 7 heteroatoms. The van der Waals surface area contributed by atoms with E-state index < -0.39 is 5.92 Å². The van der Waals surface area contributed by atoms with Crippen LogP contribution in [0.1, 0.15) is 57.0 Å². The van der Waals surface area contributed by atoms with Gasteiger partial charge >= 0.3 is 0 Å². The maximum absolute atomic E-state index is 12.9. The van der Waals surface area contributed by atoms with Crippen molar-refractivity contribution in [3.05, 3.63) is 58.1 Å². The number of carbonyl (C=O) groups is 3. The van der Waals surface area contributed by atoms with Crippen LogP contribution in [0.15, 0.2) is 36.4 Å². The molecule has 1 aromatic heterocycles. The second-order valence-corrected chi connectivity index (χ2v) is 11.1. The summed E-state index contributed by atoms with van der Waals surface area (Å²) in [5.74, 6) is 1.07. The number of benzene rings is 1. The van der Waals surface area contributed by atoms with Gasteiger partial charge in [0, 0.05) is 24.9 Å². The first-order valence-corrected chi connectivity index (χ1v) is 12.6. The molecule has 6 nitrogen and oxygen atoms in total. The summed E-state index contributed by atoms with van der Waals surface area (Å²) in [6, 6.07) is 7.33. The fraction of sp³-hybridized carbons (Fsp3) is 0.462. The highest BCUT2D eigenvalue weighted by molar-refractivity contribution is 7.17. The van der Waals surface area contributed by atoms with E-state index in [9.17, 15) is 14.4 Å². The van der Waals surface area contributed by atoms with E-state index >= 15 is 0 Å². The van der Waals surface area contributed by atoms with Gasteiger partial charge in [-0.2, -0.15) is 0 Å². The Labute approximate surface area is 196 Å². The van der Waals surface area contributed by atoms with Crippen molar-refractivity contribution in [2.45, 2.75) is 39.0 Å². The van der Waals surface area contributed by atoms with Gasteiger partial charge in [-0.05, 0) is 61.5 Å². The number of aromatic nitrogens is 1. The lowest BCUT2D eigenvalue weighted by molar-refractivity contribution is -0.125. The SMILES string of the molecule is Cc1cccc(C(=O)Nc2nc3c(s2)C(=O)C[C@H](C(=O)NC[C@H]2C[C@@H]4C=C[C@@H]2C42CC2)C3)c1. The lowest BCUT2D eigenvalue weighted by Gasteiger charge is -2.23. The molecule has 2 N–H and O–H groups in total. The number of rotatable bonds is 5. The lowest BCUT2D eigenvalue weighted by Crippen LogP contribution is -2.38. The van der Waals surface area contributed by atoms with Crippen molar-refractivity contribution in [2.75, 3.05) is 11.9 Å². The van der Waals surface area contributed by atoms with Crippen LogP contribution < -0.4 is 10.6 Å². The molecule has 2 saturated carbocycles. The van der Waals surface area contributed by atoms with Crippen LogP contribution in [0.4, 0.5) is 5.13 Å². The molecule has 1 spiro atoms. The number of ketones is 1. The van der Waals surface area contributed by atoms with Crippen molar-refractivity contribution < 1.29 is 14.4 Å². The smallest absolute Gasteiger partial charge is 0.257 e. The Morgan fingerprint density at radius 2 is 2.06 bits per heavy atom. The molecule has 4 atom stereocenters. The van der Waals surface area contributed by atoms with Gasteiger partial charge in [-0.3, -0.25) is 19.7 Å². The zero-order valence-corrected chi connectivity index (χ0v) is 19.4. The third-order valence-electron chi connectivity index (χ3n) is 8.08. The molecule has 0 saturated heterocycles. The first-order valence-electron chi connectivity index (χ1n) is 11.8. The van der Waals surface area contributed by atoms with Gasteiger partial charge in [0.25, 0.3) is 5.91 Å². The normalized spacial score (nSPS) is 28.1. The Hall–Kier alpha value is -2.80. The number of fused-ring (bicyclic) bond motifs is 1. The standard InChI is InChI=1S/C26H27N3O3S/c1-14-3-2-4-15(9-14)24(32)29-25-28-20-11-16(12-21(30)22(20)33-25)23(31)27-13-17-10-18-5-6-19(17)26(18)7-8-26/h2-6,9,16-19H,7-8,10-13H2,1H3,(H,27,31)(H,28,29,32)/t16-,17-,18+,19+/m1/s1. The molecule has 4 aliphatic rings. The monoisotopic (exact) mass is 461 g/mol. The Bertz CT molecular complexity index is 1200. The van der Waals surface area contributed by atoms with Crippen LogP contribution in [0, 0.1) is 36.0 Å². The summed E-state index contributed by atoms with van der Waals surface area (Å²) in [6.07, 6.45) is 9.21. The zero-order chi connectivity index (χ0) is 22.7. The Morgan fingerprint density at radius 1 is 1.21 bits per heavy atom. The molecule has 0 aliphatic heterocycles. The Balaban J connectivity index is 1.09. The van der Waals surface area contributed by atoms with Gasteiger partial charge in [-0.25, -0.2) is 4.98 Å². The van der Waals surface area contributed by atoms with Gasteiger partial charge in [0.1, 0.15) is 0 Å². The van der Waals surface area contributed by atoms with E-state index in [0.717, 1.165) is 5.56 Å². The van der Waals surface area contributed by atoms with E-state index in [1.54, 1.807) is 6.07 Å². The van der Waals surface area contributed by atoms with Gasteiger partial charge in [-0.1, -0.05) is 41.2 Å². The molecule has 6 rings (SSSR count). The molecule has 1 aromatic carbocycles. The molecule has 0 unspecified atom stereocenters. The number of aryl methyl sites for hydroxylation is 1. The highest BCUT2D eigenvalue weighted by Gasteiger charge is 2.62. The average Bonchev–Trinajstić information content (AvgIpc) is 3.28. The number of allylic oxidation sites excluding steroid dienone is 2. The minimum absolute atomic E-state index is 0.0519. The van der Waals surface area contributed by atoms with Crippen LogP contribution in [0.2, 0.25) is 0 Å². The number of nitrogens with zero attached hydrogens (tertiary/aromatic N) is 1. The van der Waals surface area contributed by atoms with Crippen LogP contribution in [0.3, 0.4) is 0 Å². The molecule has 1 heterocycles. The summed E-state index contributed by atoms with van der Waals surface area (Å²) in [4.78, 5) is 43.3. The van der Waals surface area contributed by atoms with E-state index in [2.05, 4.69) is 27.8 Å². The van der Waals surface area contributed by atoms with Gasteiger partial charge in [0.2, 0.25) is 5.91 Å². The van der Waals surface area contributed by atoms with E-state index in [1.807, 2.05) is 25.1 Å². The fourth-order valence-electron chi connectivity index (χ4n) is 6.26. The Morgan fingerprint density at radius 3 is 2.82 bits per heavy atom. The van der Waals surface area contributed by atoms with Crippen LogP contribution >= 0.6 is 11.3 Å². The molecular weight excluding hydrogens is 434 g/mol. The summed E-state index contributed by atoms with van der Waals surface area (Å²) in [7, 11) is 0. The van der Waals surface area contributed by atoms with Gasteiger partial charge in [-0.15, -0.1) is 0 Å². The Kier molecular flexibility index (Phi) is 4.80. The van der Waals surface area contributed by atoms with Crippen LogP contribution in [0.5, 0.6) is 0 Å². The maximum atomic E-state index is 12.9. The van der Waals surface area contributed by atoms with Crippen LogP contribution in [-0.2, 0) is 11.2 Å². The second-order valence-electron chi connectivity index (χ2n) is 10.1. The topological polar surface area (TPSA) is 88.2 Å². The molecule has 2 bridgehead atoms. The van der Waals surface area contributed by atoms with Crippen molar-refractivity contribution in [2.24, 2.45) is 29.1 Å². The predicted octanol–water partition coefficient (Wildman–Crippen LogP) is 4.17. The number of Topliss-reactive ketones (excluding diaryl/α,β-unsaturated/α-hetero) is 1. The van der Waals surface area contributed by atoms with E-state index in [4.69, 9.17) is 0 Å². The van der Waals surface area contributed by atoms with Crippen LogP contribution in [-0.4, -0.2) is 29.1 Å². The molecule has 2 amide bonds. The number of thiazole rings is 1. The molecular formula is C26H27N3O3S. The van der Waals surface area contributed by atoms with Crippen molar-refractivity contribution in [3.8, 4) is 0 Å². The van der Waals surface area contributed by atoms with Crippen molar-refractivity contribution in [1.82, 2.24) is 10.3 Å². The number of carbonyl (C=O) groups excluding carboxylic acids is 3. The number of amides is 2. The minimum atomic E-state index is -0.392. The summed E-state index contributed by atoms with van der Waals surface area (Å²) < 4.78 is 0. The van der Waals surface area contributed by atoms with E-state index in [1.165, 1.54) is 30.6 Å². The molecule has 0 radical (unpaired) electrons. The summed E-state index contributed by atoms with van der Waals surface area (Å²) in [5, 5.41) is 6.36. The highest BCUT2D eigenvalue weighted by Crippen LogP contribution is 2.69. The van der Waals surface area contributed by atoms with E-state index in [-0.39, 0.29) is 24.0 Å². The first-order chi connectivity index (χ1) is 15.9. The molecule has 2 fully saturated rings. The van der Waals surface area contributed by atoms with Crippen molar-refractivity contribution >= 4 is 34.1 Å². The minimum Gasteiger partial charge on any atom is -0.356 e. The molecule has 2 aromatic rings. The number of anilines is 1. The fourth-order valence-corrected chi connectivity index (χ4v) is 7.19. The second kappa shape index (κ2) is 7.62. The summed E-state index contributed by atoms with van der Waals surface area (Å²) >= 11 is 1.20. The summed E-state index contributed by atoms with van der Waals surface area (Å²) in [5.41, 5.74) is 2.69. The van der Waals surface area contributed by atoms with Gasteiger partial charge in [0.05, 0.1) is 16.5 Å². The first kappa shape index (κ1) is 20.8. The third-order valence-corrected chi connectivity index (χ3v) is 9.13. The van der Waals surface area contributed by atoms with Gasteiger partial charge < -0.3 is 5.32 Å². The van der Waals surface area contributed by atoms with Gasteiger partial charge in [0.15, 0.2) is 10.9 Å². The highest BCUT2D eigenvalue weighted by atomic mass is 32.1. The predicted molar refractivity (Wildman–Crippen MR) is 126 cm³/mol. The van der Waals surface area contributed by atoms with E-state index in [0.29, 0.717) is 57.4 Å². The van der Waals surface area contributed by atoms with Crippen molar-refractivity contribution in [3.63, 3.8) is 0 Å². The quantitative estimate of drug-likeness (QED) is 0.655. The molecule has 33 heavy (non-hydrogen) atoms. The summed E-state index contributed by atoms with van der Waals surface area (Å²) in [6.45, 7) is 2.62.